The minimum atomic E-state index is -0.447. The van der Waals surface area contributed by atoms with E-state index >= 15 is 0 Å². The summed E-state index contributed by atoms with van der Waals surface area (Å²) in [6, 6.07) is 3.47. The van der Waals surface area contributed by atoms with Crippen LogP contribution in [0.1, 0.15) is 23.2 Å². The van der Waals surface area contributed by atoms with E-state index in [1.807, 2.05) is 0 Å². The van der Waals surface area contributed by atoms with E-state index in [1.165, 1.54) is 12.1 Å². The lowest BCUT2D eigenvalue weighted by Crippen LogP contribution is -2.45. The Hall–Kier alpha value is -1.82. The number of hydrogen-bond acceptors (Lipinski definition) is 4. The number of thiocarbonyl (C=S) groups is 1. The fourth-order valence-electron chi connectivity index (χ4n) is 1.78. The Kier molecular flexibility index (Phi) is 3.38. The summed E-state index contributed by atoms with van der Waals surface area (Å²) < 4.78 is 0. The molecule has 0 aliphatic heterocycles. The molecule has 1 atom stereocenters. The van der Waals surface area contributed by atoms with Gasteiger partial charge in [0.25, 0.3) is 5.91 Å². The van der Waals surface area contributed by atoms with Crippen molar-refractivity contribution in [2.75, 3.05) is 0 Å². The molecule has 0 aromatic heterocycles. The predicted molar refractivity (Wildman–Crippen MR) is 70.5 cm³/mol. The van der Waals surface area contributed by atoms with Crippen molar-refractivity contribution in [3.8, 4) is 11.5 Å². The molecule has 96 valence electrons. The Morgan fingerprint density at radius 3 is 2.61 bits per heavy atom. The summed E-state index contributed by atoms with van der Waals surface area (Å²) in [4.78, 5) is 12.2. The average Bonchev–Trinajstić information content (AvgIpc) is 3.08. The van der Waals surface area contributed by atoms with Gasteiger partial charge in [-0.05, 0) is 30.9 Å². The molecule has 6 heteroatoms. The van der Waals surface area contributed by atoms with Crippen LogP contribution in [0.3, 0.4) is 0 Å². The maximum atomic E-state index is 12.0. The van der Waals surface area contributed by atoms with Crippen molar-refractivity contribution >= 4 is 23.1 Å². The Bertz CT molecular complexity index is 500. The zero-order chi connectivity index (χ0) is 13.3. The molecule has 1 aliphatic rings. The van der Waals surface area contributed by atoms with Crippen molar-refractivity contribution in [2.24, 2.45) is 11.7 Å². The number of carbonyl (C=O) groups is 1. The second-order valence-electron chi connectivity index (χ2n) is 4.39. The van der Waals surface area contributed by atoms with Crippen molar-refractivity contribution in [1.82, 2.24) is 5.32 Å². The molecule has 1 aromatic rings. The lowest BCUT2D eigenvalue weighted by molar-refractivity contribution is 0.0941. The summed E-state index contributed by atoms with van der Waals surface area (Å²) >= 11 is 4.92. The first-order valence-corrected chi connectivity index (χ1v) is 6.02. The number of hydrogen-bond donors (Lipinski definition) is 4. The van der Waals surface area contributed by atoms with Gasteiger partial charge in [0.2, 0.25) is 0 Å². The molecule has 5 nitrogen and oxygen atoms in total. The summed E-state index contributed by atoms with van der Waals surface area (Å²) in [5.74, 6) is -0.523. The van der Waals surface area contributed by atoms with Gasteiger partial charge in [-0.2, -0.15) is 0 Å². The topological polar surface area (TPSA) is 95.6 Å². The van der Waals surface area contributed by atoms with Crippen LogP contribution in [0.25, 0.3) is 0 Å². The van der Waals surface area contributed by atoms with Crippen LogP contribution >= 0.6 is 12.2 Å². The highest BCUT2D eigenvalue weighted by atomic mass is 32.1. The van der Waals surface area contributed by atoms with Gasteiger partial charge >= 0.3 is 0 Å². The highest BCUT2D eigenvalue weighted by Crippen LogP contribution is 2.33. The molecule has 0 radical (unpaired) electrons. The van der Waals surface area contributed by atoms with Crippen LogP contribution in [0.2, 0.25) is 0 Å². The summed E-state index contributed by atoms with van der Waals surface area (Å²) in [5, 5.41) is 21.4. The summed E-state index contributed by atoms with van der Waals surface area (Å²) in [7, 11) is 0. The van der Waals surface area contributed by atoms with E-state index < -0.39 is 5.91 Å². The Labute approximate surface area is 110 Å². The van der Waals surface area contributed by atoms with Crippen molar-refractivity contribution in [1.29, 1.82) is 0 Å². The molecule has 1 saturated carbocycles. The smallest absolute Gasteiger partial charge is 0.255 e. The average molecular weight is 266 g/mol. The molecular formula is C12H14N2O3S. The van der Waals surface area contributed by atoms with Gasteiger partial charge < -0.3 is 21.3 Å². The van der Waals surface area contributed by atoms with Crippen LogP contribution in [0.5, 0.6) is 11.5 Å². The standard InChI is InChI=1S/C12H14N2O3S/c13-11(18)10(6-1-2-6)14-12(17)8-4-3-7(15)5-9(8)16/h3-6,10,15-16H,1-2H2,(H2,13,18)(H,14,17). The predicted octanol–water partition coefficient (Wildman–Crippen LogP) is 0.892. The first-order chi connectivity index (χ1) is 8.49. The molecule has 18 heavy (non-hydrogen) atoms. The number of phenolic OH excluding ortho intramolecular Hbond substituents is 2. The van der Waals surface area contributed by atoms with E-state index in [4.69, 9.17) is 23.1 Å². The molecule has 1 fully saturated rings. The van der Waals surface area contributed by atoms with Crippen LogP contribution in [0, 0.1) is 5.92 Å². The number of nitrogens with one attached hydrogen (secondary N) is 1. The second kappa shape index (κ2) is 4.81. The van der Waals surface area contributed by atoms with Gasteiger partial charge in [-0.3, -0.25) is 4.79 Å². The fraction of sp³-hybridized carbons (Fsp3) is 0.333. The highest BCUT2D eigenvalue weighted by molar-refractivity contribution is 7.80. The molecule has 1 aliphatic carbocycles. The normalized spacial score (nSPS) is 16.0. The SMILES string of the molecule is NC(=S)C(NC(=O)c1ccc(O)cc1O)C1CC1. The van der Waals surface area contributed by atoms with Crippen LogP contribution in [0.4, 0.5) is 0 Å². The van der Waals surface area contributed by atoms with Gasteiger partial charge in [-0.25, -0.2) is 0 Å². The molecule has 1 aromatic carbocycles. The van der Waals surface area contributed by atoms with Gasteiger partial charge in [-0.15, -0.1) is 0 Å². The van der Waals surface area contributed by atoms with E-state index in [0.29, 0.717) is 5.92 Å². The van der Waals surface area contributed by atoms with Gasteiger partial charge in [0.1, 0.15) is 11.5 Å². The number of nitrogens with two attached hydrogens (primary N) is 1. The molecule has 0 bridgehead atoms. The Balaban J connectivity index is 2.13. The number of rotatable bonds is 4. The van der Waals surface area contributed by atoms with Crippen molar-refractivity contribution in [2.45, 2.75) is 18.9 Å². The molecule has 1 unspecified atom stereocenters. The molecular weight excluding hydrogens is 252 g/mol. The fourth-order valence-corrected chi connectivity index (χ4v) is 2.03. The third-order valence-corrected chi connectivity index (χ3v) is 3.17. The maximum absolute atomic E-state index is 12.0. The molecule has 0 heterocycles. The third-order valence-electron chi connectivity index (χ3n) is 2.91. The summed E-state index contributed by atoms with van der Waals surface area (Å²) in [6.45, 7) is 0. The first-order valence-electron chi connectivity index (χ1n) is 5.61. The lowest BCUT2D eigenvalue weighted by Gasteiger charge is -2.17. The zero-order valence-corrected chi connectivity index (χ0v) is 10.4. The van der Waals surface area contributed by atoms with Crippen LogP contribution in [0.15, 0.2) is 18.2 Å². The molecule has 1 amide bonds. The molecule has 0 saturated heterocycles. The van der Waals surface area contributed by atoms with Crippen LogP contribution in [-0.2, 0) is 0 Å². The van der Waals surface area contributed by atoms with Gasteiger partial charge in [0.15, 0.2) is 0 Å². The monoisotopic (exact) mass is 266 g/mol. The summed E-state index contributed by atoms with van der Waals surface area (Å²) in [6.07, 6.45) is 1.98. The minimum Gasteiger partial charge on any atom is -0.508 e. The zero-order valence-electron chi connectivity index (χ0n) is 9.59. The van der Waals surface area contributed by atoms with Gasteiger partial charge in [-0.1, -0.05) is 12.2 Å². The van der Waals surface area contributed by atoms with Gasteiger partial charge in [0.05, 0.1) is 16.6 Å². The molecule has 2 rings (SSSR count). The second-order valence-corrected chi connectivity index (χ2v) is 4.86. The van der Waals surface area contributed by atoms with Crippen LogP contribution < -0.4 is 11.1 Å². The number of phenols is 2. The van der Waals surface area contributed by atoms with E-state index in [0.717, 1.165) is 18.9 Å². The third kappa shape index (κ3) is 2.70. The number of amides is 1. The van der Waals surface area contributed by atoms with Gasteiger partial charge in [0, 0.05) is 6.07 Å². The van der Waals surface area contributed by atoms with Crippen molar-refractivity contribution in [3.63, 3.8) is 0 Å². The van der Waals surface area contributed by atoms with E-state index in [9.17, 15) is 9.90 Å². The molecule has 5 N–H and O–H groups in total. The quantitative estimate of drug-likeness (QED) is 0.607. The number of carbonyl (C=O) groups excluding carboxylic acids is 1. The highest BCUT2D eigenvalue weighted by Gasteiger charge is 2.34. The van der Waals surface area contributed by atoms with E-state index in [-0.39, 0.29) is 28.1 Å². The largest absolute Gasteiger partial charge is 0.508 e. The van der Waals surface area contributed by atoms with Crippen molar-refractivity contribution in [3.05, 3.63) is 23.8 Å². The molecule has 0 spiro atoms. The minimum absolute atomic E-state index is 0.0923. The van der Waals surface area contributed by atoms with E-state index in [2.05, 4.69) is 5.32 Å². The van der Waals surface area contributed by atoms with Crippen molar-refractivity contribution < 1.29 is 15.0 Å². The Morgan fingerprint density at radius 2 is 2.11 bits per heavy atom. The number of aromatic hydroxyl groups is 2. The lowest BCUT2D eigenvalue weighted by atomic mass is 10.1. The van der Waals surface area contributed by atoms with E-state index in [1.54, 1.807) is 0 Å². The maximum Gasteiger partial charge on any atom is 0.255 e. The Morgan fingerprint density at radius 1 is 1.44 bits per heavy atom. The summed E-state index contributed by atoms with van der Waals surface area (Å²) in [5.41, 5.74) is 5.67. The van der Waals surface area contributed by atoms with Crippen LogP contribution in [-0.4, -0.2) is 27.2 Å². The first kappa shape index (κ1) is 12.6. The number of benzene rings is 1.